The smallest absolute Gasteiger partial charge is 0.344 e. The molecule has 0 fully saturated rings. The van der Waals surface area contributed by atoms with Crippen LogP contribution in [0.5, 0.6) is 17.2 Å². The minimum Gasteiger partial charge on any atom is -0.493 e. The van der Waals surface area contributed by atoms with Crippen LogP contribution in [-0.2, 0) is 20.9 Å². The standard InChI is InChI=1S/C22H27NO6/c1-14-6-8-18(10-15(14)2)28-13-21(24)29-16(3)22(25)23-12-17-7-9-19(26-4)20(11-17)27-5/h6-11,16H,12-13H2,1-5H3,(H,23,25). The van der Waals surface area contributed by atoms with E-state index in [0.717, 1.165) is 16.7 Å². The zero-order chi connectivity index (χ0) is 21.4. The summed E-state index contributed by atoms with van der Waals surface area (Å²) in [4.78, 5) is 24.2. The number of aryl methyl sites for hydroxylation is 2. The van der Waals surface area contributed by atoms with Crippen LogP contribution in [0.25, 0.3) is 0 Å². The van der Waals surface area contributed by atoms with Crippen molar-refractivity contribution in [3.8, 4) is 17.2 Å². The number of carbonyl (C=O) groups excluding carboxylic acids is 2. The van der Waals surface area contributed by atoms with Gasteiger partial charge >= 0.3 is 5.97 Å². The van der Waals surface area contributed by atoms with E-state index in [1.165, 1.54) is 6.92 Å². The van der Waals surface area contributed by atoms with Crippen molar-refractivity contribution in [3.63, 3.8) is 0 Å². The Morgan fingerprint density at radius 3 is 2.34 bits per heavy atom. The lowest BCUT2D eigenvalue weighted by Crippen LogP contribution is -2.36. The van der Waals surface area contributed by atoms with Crippen LogP contribution in [0.3, 0.4) is 0 Å². The van der Waals surface area contributed by atoms with Gasteiger partial charge in [0.1, 0.15) is 5.75 Å². The van der Waals surface area contributed by atoms with Crippen molar-refractivity contribution in [2.24, 2.45) is 0 Å². The highest BCUT2D eigenvalue weighted by Gasteiger charge is 2.18. The fourth-order valence-electron chi connectivity index (χ4n) is 2.55. The average molecular weight is 401 g/mol. The van der Waals surface area contributed by atoms with E-state index in [-0.39, 0.29) is 13.2 Å². The molecule has 2 aromatic rings. The third-order valence-electron chi connectivity index (χ3n) is 4.43. The van der Waals surface area contributed by atoms with Crippen LogP contribution in [0.1, 0.15) is 23.6 Å². The first kappa shape index (κ1) is 22.1. The van der Waals surface area contributed by atoms with Crippen molar-refractivity contribution in [2.45, 2.75) is 33.4 Å². The number of hydrogen-bond donors (Lipinski definition) is 1. The molecular formula is C22H27NO6. The number of esters is 1. The van der Waals surface area contributed by atoms with Crippen molar-refractivity contribution in [2.75, 3.05) is 20.8 Å². The summed E-state index contributed by atoms with van der Waals surface area (Å²) in [7, 11) is 3.10. The molecule has 29 heavy (non-hydrogen) atoms. The normalized spacial score (nSPS) is 11.3. The predicted molar refractivity (Wildman–Crippen MR) is 108 cm³/mol. The molecule has 7 heteroatoms. The molecule has 7 nitrogen and oxygen atoms in total. The fraction of sp³-hybridized carbons (Fsp3) is 0.364. The first-order valence-electron chi connectivity index (χ1n) is 9.22. The van der Waals surface area contributed by atoms with Gasteiger partial charge in [0, 0.05) is 6.54 Å². The van der Waals surface area contributed by atoms with Crippen LogP contribution < -0.4 is 19.5 Å². The molecule has 1 N–H and O–H groups in total. The largest absolute Gasteiger partial charge is 0.493 e. The summed E-state index contributed by atoms with van der Waals surface area (Å²) < 4.78 is 21.0. The zero-order valence-corrected chi connectivity index (χ0v) is 17.4. The second-order valence-corrected chi connectivity index (χ2v) is 6.57. The predicted octanol–water partition coefficient (Wildman–Crippen LogP) is 2.95. The molecule has 0 aromatic heterocycles. The summed E-state index contributed by atoms with van der Waals surface area (Å²) >= 11 is 0. The number of rotatable bonds is 9. The van der Waals surface area contributed by atoms with Crippen LogP contribution in [-0.4, -0.2) is 38.8 Å². The topological polar surface area (TPSA) is 83.1 Å². The Hall–Kier alpha value is -3.22. The summed E-state index contributed by atoms with van der Waals surface area (Å²) in [5.41, 5.74) is 3.03. The van der Waals surface area contributed by atoms with E-state index in [0.29, 0.717) is 17.2 Å². The summed E-state index contributed by atoms with van der Waals surface area (Å²) in [6.07, 6.45) is -0.939. The molecule has 0 bridgehead atoms. The van der Waals surface area contributed by atoms with Gasteiger partial charge in [-0.05, 0) is 61.7 Å². The molecule has 0 aliphatic rings. The summed E-state index contributed by atoms with van der Waals surface area (Å²) in [6.45, 7) is 5.47. The van der Waals surface area contributed by atoms with Gasteiger partial charge in [-0.3, -0.25) is 4.79 Å². The van der Waals surface area contributed by atoms with Gasteiger partial charge in [0.05, 0.1) is 14.2 Å². The Morgan fingerprint density at radius 1 is 0.966 bits per heavy atom. The first-order valence-corrected chi connectivity index (χ1v) is 9.22. The van der Waals surface area contributed by atoms with Crippen LogP contribution >= 0.6 is 0 Å². The molecule has 0 spiro atoms. The molecule has 156 valence electrons. The quantitative estimate of drug-likeness (QED) is 0.651. The lowest BCUT2D eigenvalue weighted by molar-refractivity contribution is -0.156. The van der Waals surface area contributed by atoms with E-state index >= 15 is 0 Å². The van der Waals surface area contributed by atoms with Gasteiger partial charge in [-0.2, -0.15) is 0 Å². The van der Waals surface area contributed by atoms with E-state index < -0.39 is 18.0 Å². The molecule has 1 unspecified atom stereocenters. The first-order chi connectivity index (χ1) is 13.8. The molecule has 1 atom stereocenters. The third-order valence-corrected chi connectivity index (χ3v) is 4.43. The molecule has 0 saturated carbocycles. The Balaban J connectivity index is 1.80. The molecule has 1 amide bonds. The van der Waals surface area contributed by atoms with E-state index in [9.17, 15) is 9.59 Å². The maximum Gasteiger partial charge on any atom is 0.344 e. The van der Waals surface area contributed by atoms with Crippen molar-refractivity contribution in [3.05, 3.63) is 53.1 Å². The van der Waals surface area contributed by atoms with Crippen LogP contribution in [0.2, 0.25) is 0 Å². The van der Waals surface area contributed by atoms with Crippen molar-refractivity contribution in [1.29, 1.82) is 0 Å². The maximum absolute atomic E-state index is 12.2. The van der Waals surface area contributed by atoms with E-state index in [2.05, 4.69) is 5.32 Å². The summed E-state index contributed by atoms with van der Waals surface area (Å²) in [5.74, 6) is 0.739. The zero-order valence-electron chi connectivity index (χ0n) is 17.4. The average Bonchev–Trinajstić information content (AvgIpc) is 2.72. The van der Waals surface area contributed by atoms with Crippen molar-refractivity contribution < 1.29 is 28.5 Å². The second-order valence-electron chi connectivity index (χ2n) is 6.57. The number of hydrogen-bond acceptors (Lipinski definition) is 6. The molecular weight excluding hydrogens is 374 g/mol. The number of benzene rings is 2. The molecule has 2 aromatic carbocycles. The molecule has 0 heterocycles. The molecule has 0 aliphatic heterocycles. The van der Waals surface area contributed by atoms with E-state index in [4.69, 9.17) is 18.9 Å². The number of methoxy groups -OCH3 is 2. The van der Waals surface area contributed by atoms with Gasteiger partial charge in [-0.1, -0.05) is 12.1 Å². The minimum atomic E-state index is -0.939. The second kappa shape index (κ2) is 10.4. The molecule has 0 aliphatic carbocycles. The van der Waals surface area contributed by atoms with Crippen LogP contribution in [0, 0.1) is 13.8 Å². The minimum absolute atomic E-state index is 0.264. The van der Waals surface area contributed by atoms with E-state index in [1.807, 2.05) is 32.0 Å². The Bertz CT molecular complexity index is 864. The van der Waals surface area contributed by atoms with Crippen LogP contribution in [0.15, 0.2) is 36.4 Å². The molecule has 0 saturated heterocycles. The monoisotopic (exact) mass is 401 g/mol. The van der Waals surface area contributed by atoms with Gasteiger partial charge in [-0.15, -0.1) is 0 Å². The van der Waals surface area contributed by atoms with E-state index in [1.54, 1.807) is 32.4 Å². The Morgan fingerprint density at radius 2 is 1.69 bits per heavy atom. The highest BCUT2D eigenvalue weighted by atomic mass is 16.6. The van der Waals surface area contributed by atoms with Gasteiger partial charge in [-0.25, -0.2) is 4.79 Å². The van der Waals surface area contributed by atoms with Gasteiger partial charge < -0.3 is 24.3 Å². The molecule has 0 radical (unpaired) electrons. The van der Waals surface area contributed by atoms with Gasteiger partial charge in [0.15, 0.2) is 24.2 Å². The number of ether oxygens (including phenoxy) is 4. The Kier molecular flexibility index (Phi) is 7.88. The highest BCUT2D eigenvalue weighted by Crippen LogP contribution is 2.27. The van der Waals surface area contributed by atoms with Gasteiger partial charge in [0.2, 0.25) is 0 Å². The Labute approximate surface area is 170 Å². The number of carbonyl (C=O) groups is 2. The number of amides is 1. The van der Waals surface area contributed by atoms with Gasteiger partial charge in [0.25, 0.3) is 5.91 Å². The van der Waals surface area contributed by atoms with Crippen molar-refractivity contribution >= 4 is 11.9 Å². The maximum atomic E-state index is 12.2. The summed E-state index contributed by atoms with van der Waals surface area (Å²) in [6, 6.07) is 10.9. The lowest BCUT2D eigenvalue weighted by Gasteiger charge is -2.15. The third kappa shape index (κ3) is 6.41. The van der Waals surface area contributed by atoms with Crippen molar-refractivity contribution in [1.82, 2.24) is 5.32 Å². The fourth-order valence-corrected chi connectivity index (χ4v) is 2.55. The van der Waals surface area contributed by atoms with Crippen LogP contribution in [0.4, 0.5) is 0 Å². The molecule has 2 rings (SSSR count). The number of nitrogens with one attached hydrogen (secondary N) is 1. The highest BCUT2D eigenvalue weighted by molar-refractivity contribution is 5.83. The lowest BCUT2D eigenvalue weighted by atomic mass is 10.1. The SMILES string of the molecule is COc1ccc(CNC(=O)C(C)OC(=O)COc2ccc(C)c(C)c2)cc1OC. The summed E-state index contributed by atoms with van der Waals surface area (Å²) in [5, 5.41) is 2.73.